The number of rotatable bonds is 3. The first-order valence-electron chi connectivity index (χ1n) is 5.92. The van der Waals surface area contributed by atoms with Gasteiger partial charge in [-0.1, -0.05) is 23.7 Å². The van der Waals surface area contributed by atoms with Crippen molar-refractivity contribution in [2.24, 2.45) is 0 Å². The SMILES string of the molecule is O=C(/C=C/c1ccc(Cl)cc1)NNC(=O)c1cc(Br)c[nH]1. The van der Waals surface area contributed by atoms with Gasteiger partial charge < -0.3 is 4.98 Å². The molecule has 5 nitrogen and oxygen atoms in total. The lowest BCUT2D eigenvalue weighted by Crippen LogP contribution is -2.40. The Labute approximate surface area is 134 Å². The van der Waals surface area contributed by atoms with Crippen molar-refractivity contribution in [3.8, 4) is 0 Å². The molecular weight excluding hydrogens is 358 g/mol. The van der Waals surface area contributed by atoms with E-state index in [1.54, 1.807) is 42.6 Å². The molecular formula is C14H11BrClN3O2. The van der Waals surface area contributed by atoms with Gasteiger partial charge in [0, 0.05) is 21.8 Å². The van der Waals surface area contributed by atoms with E-state index in [0.717, 1.165) is 10.0 Å². The highest BCUT2D eigenvalue weighted by atomic mass is 79.9. The molecule has 1 aromatic carbocycles. The molecule has 2 amide bonds. The van der Waals surface area contributed by atoms with E-state index < -0.39 is 11.8 Å². The second-order valence-corrected chi connectivity index (χ2v) is 5.41. The number of amides is 2. The van der Waals surface area contributed by atoms with Gasteiger partial charge in [-0.05, 0) is 45.8 Å². The molecule has 108 valence electrons. The van der Waals surface area contributed by atoms with Crippen molar-refractivity contribution in [2.45, 2.75) is 0 Å². The van der Waals surface area contributed by atoms with Crippen LogP contribution in [0.3, 0.4) is 0 Å². The van der Waals surface area contributed by atoms with Crippen molar-refractivity contribution < 1.29 is 9.59 Å². The first-order chi connectivity index (χ1) is 10.0. The highest BCUT2D eigenvalue weighted by Gasteiger charge is 2.07. The van der Waals surface area contributed by atoms with Gasteiger partial charge in [0.2, 0.25) is 0 Å². The van der Waals surface area contributed by atoms with E-state index in [1.807, 2.05) is 0 Å². The summed E-state index contributed by atoms with van der Waals surface area (Å²) in [5.41, 5.74) is 5.74. The molecule has 0 spiro atoms. The third-order valence-corrected chi connectivity index (χ3v) is 3.20. The quantitative estimate of drug-likeness (QED) is 0.576. The summed E-state index contributed by atoms with van der Waals surface area (Å²) in [4.78, 5) is 26.0. The number of halogens is 2. The molecule has 21 heavy (non-hydrogen) atoms. The maximum absolute atomic E-state index is 11.7. The maximum Gasteiger partial charge on any atom is 0.286 e. The molecule has 0 radical (unpaired) electrons. The van der Waals surface area contributed by atoms with Gasteiger partial charge in [-0.3, -0.25) is 20.4 Å². The lowest BCUT2D eigenvalue weighted by atomic mass is 10.2. The van der Waals surface area contributed by atoms with E-state index >= 15 is 0 Å². The Morgan fingerprint density at radius 2 is 1.90 bits per heavy atom. The van der Waals surface area contributed by atoms with Gasteiger partial charge in [-0.25, -0.2) is 0 Å². The third-order valence-electron chi connectivity index (χ3n) is 2.49. The Hall–Kier alpha value is -2.05. The second kappa shape index (κ2) is 7.10. The van der Waals surface area contributed by atoms with Crippen LogP contribution in [0.1, 0.15) is 16.1 Å². The van der Waals surface area contributed by atoms with Crippen LogP contribution in [0.25, 0.3) is 6.08 Å². The van der Waals surface area contributed by atoms with Gasteiger partial charge in [-0.2, -0.15) is 0 Å². The van der Waals surface area contributed by atoms with Gasteiger partial charge >= 0.3 is 0 Å². The summed E-state index contributed by atoms with van der Waals surface area (Å²) in [6.07, 6.45) is 4.55. The van der Waals surface area contributed by atoms with Crippen molar-refractivity contribution in [1.82, 2.24) is 15.8 Å². The van der Waals surface area contributed by atoms with E-state index in [-0.39, 0.29) is 0 Å². The second-order valence-electron chi connectivity index (χ2n) is 4.06. The minimum Gasteiger partial charge on any atom is -0.356 e. The molecule has 0 unspecified atom stereocenters. The first kappa shape index (κ1) is 15.3. The van der Waals surface area contributed by atoms with Crippen LogP contribution < -0.4 is 10.9 Å². The Morgan fingerprint density at radius 1 is 1.19 bits per heavy atom. The summed E-state index contributed by atoms with van der Waals surface area (Å²) in [5, 5.41) is 0.626. The molecule has 2 rings (SSSR count). The zero-order valence-corrected chi connectivity index (χ0v) is 13.0. The fraction of sp³-hybridized carbons (Fsp3) is 0. The van der Waals surface area contributed by atoms with Crippen LogP contribution in [-0.4, -0.2) is 16.8 Å². The van der Waals surface area contributed by atoms with E-state index in [9.17, 15) is 9.59 Å². The standard InChI is InChI=1S/C14H11BrClN3O2/c15-10-7-12(17-8-10)14(21)19-18-13(20)6-3-9-1-4-11(16)5-2-9/h1-8,17H,(H,18,20)(H,19,21)/b6-3+. The molecule has 0 saturated carbocycles. The number of aromatic nitrogens is 1. The predicted molar refractivity (Wildman–Crippen MR) is 84.6 cm³/mol. The lowest BCUT2D eigenvalue weighted by Gasteiger charge is -2.03. The Bertz CT molecular complexity index is 680. The van der Waals surface area contributed by atoms with E-state index in [4.69, 9.17) is 11.6 Å². The van der Waals surface area contributed by atoms with Gasteiger partial charge in [0.05, 0.1) is 0 Å². The number of hydrazine groups is 1. The number of carbonyl (C=O) groups is 2. The van der Waals surface area contributed by atoms with E-state index in [1.165, 1.54) is 6.08 Å². The van der Waals surface area contributed by atoms with Crippen LogP contribution in [0.5, 0.6) is 0 Å². The summed E-state index contributed by atoms with van der Waals surface area (Å²) in [7, 11) is 0. The van der Waals surface area contributed by atoms with Gasteiger partial charge in [0.1, 0.15) is 5.69 Å². The fourth-order valence-corrected chi connectivity index (χ4v) is 1.94. The molecule has 0 aliphatic rings. The number of benzene rings is 1. The largest absolute Gasteiger partial charge is 0.356 e. The summed E-state index contributed by atoms with van der Waals surface area (Å²) < 4.78 is 0.751. The molecule has 0 atom stereocenters. The van der Waals surface area contributed by atoms with Gasteiger partial charge in [-0.15, -0.1) is 0 Å². The molecule has 1 aromatic heterocycles. The van der Waals surface area contributed by atoms with Crippen molar-refractivity contribution >= 4 is 45.4 Å². The summed E-state index contributed by atoms with van der Waals surface area (Å²) >= 11 is 8.98. The Morgan fingerprint density at radius 3 is 2.52 bits per heavy atom. The summed E-state index contributed by atoms with van der Waals surface area (Å²) in [6.45, 7) is 0. The average molecular weight is 369 g/mol. The van der Waals surface area contributed by atoms with E-state index in [0.29, 0.717) is 10.7 Å². The highest BCUT2D eigenvalue weighted by molar-refractivity contribution is 9.10. The zero-order valence-electron chi connectivity index (χ0n) is 10.7. The molecule has 2 aromatic rings. The number of carbonyl (C=O) groups excluding carboxylic acids is 2. The maximum atomic E-state index is 11.7. The van der Waals surface area contributed by atoms with Crippen LogP contribution in [0.2, 0.25) is 5.02 Å². The average Bonchev–Trinajstić information content (AvgIpc) is 2.91. The summed E-state index contributed by atoms with van der Waals surface area (Å²) in [6, 6.07) is 8.61. The first-order valence-corrected chi connectivity index (χ1v) is 7.09. The molecule has 0 bridgehead atoms. The monoisotopic (exact) mass is 367 g/mol. The molecule has 0 fully saturated rings. The number of aromatic amines is 1. The number of hydrogen-bond donors (Lipinski definition) is 3. The molecule has 0 aliphatic heterocycles. The number of hydrogen-bond acceptors (Lipinski definition) is 2. The molecule has 0 aliphatic carbocycles. The lowest BCUT2D eigenvalue weighted by molar-refractivity contribution is -0.117. The predicted octanol–water partition coefficient (Wildman–Crippen LogP) is 2.91. The van der Waals surface area contributed by atoms with Crippen molar-refractivity contribution in [3.05, 3.63) is 63.4 Å². The third kappa shape index (κ3) is 4.77. The van der Waals surface area contributed by atoms with Crippen LogP contribution in [-0.2, 0) is 4.79 Å². The van der Waals surface area contributed by atoms with Crippen LogP contribution >= 0.6 is 27.5 Å². The van der Waals surface area contributed by atoms with Gasteiger partial charge in [0.25, 0.3) is 11.8 Å². The molecule has 0 saturated heterocycles. The molecule has 3 N–H and O–H groups in total. The minimum absolute atomic E-state index is 0.337. The number of nitrogens with one attached hydrogen (secondary N) is 3. The van der Waals surface area contributed by atoms with Crippen LogP contribution in [0.15, 0.2) is 47.1 Å². The fourth-order valence-electron chi connectivity index (χ4n) is 1.47. The topological polar surface area (TPSA) is 74.0 Å². The van der Waals surface area contributed by atoms with Crippen molar-refractivity contribution in [1.29, 1.82) is 0 Å². The van der Waals surface area contributed by atoms with Crippen LogP contribution in [0, 0.1) is 0 Å². The van der Waals surface area contributed by atoms with Crippen molar-refractivity contribution in [2.75, 3.05) is 0 Å². The molecule has 1 heterocycles. The molecule has 7 heteroatoms. The highest BCUT2D eigenvalue weighted by Crippen LogP contribution is 2.11. The zero-order chi connectivity index (χ0) is 15.2. The smallest absolute Gasteiger partial charge is 0.286 e. The summed E-state index contributed by atoms with van der Waals surface area (Å²) in [5.74, 6) is -0.877. The van der Waals surface area contributed by atoms with E-state index in [2.05, 4.69) is 31.8 Å². The number of H-pyrrole nitrogens is 1. The van der Waals surface area contributed by atoms with Gasteiger partial charge in [0.15, 0.2) is 0 Å². The Kier molecular flexibility index (Phi) is 5.19. The van der Waals surface area contributed by atoms with Crippen LogP contribution in [0.4, 0.5) is 0 Å². The minimum atomic E-state index is -0.441. The van der Waals surface area contributed by atoms with Crippen molar-refractivity contribution in [3.63, 3.8) is 0 Å². The normalized spacial score (nSPS) is 10.6. The Balaban J connectivity index is 1.84.